The van der Waals surface area contributed by atoms with Crippen LogP contribution in [0.1, 0.15) is 0 Å². The van der Waals surface area contributed by atoms with E-state index in [4.69, 9.17) is 0 Å². The highest BCUT2D eigenvalue weighted by atomic mass is 127. The van der Waals surface area contributed by atoms with Crippen LogP contribution in [0.3, 0.4) is 0 Å². The molecule has 1 heterocycles. The molecular formula is C10H5BrINO2. The van der Waals surface area contributed by atoms with Gasteiger partial charge < -0.3 is 0 Å². The van der Waals surface area contributed by atoms with Gasteiger partial charge in [-0.05, 0) is 56.7 Å². The maximum absolute atomic E-state index is 11.4. The Bertz CT molecular complexity index is 466. The molecule has 5 heteroatoms. The van der Waals surface area contributed by atoms with E-state index in [-0.39, 0.29) is 11.8 Å². The summed E-state index contributed by atoms with van der Waals surface area (Å²) in [6.07, 6.45) is 2.54. The Labute approximate surface area is 108 Å². The number of halogens is 2. The van der Waals surface area contributed by atoms with Crippen molar-refractivity contribution in [3.05, 3.63) is 38.4 Å². The van der Waals surface area contributed by atoms with Crippen LogP contribution in [0.2, 0.25) is 0 Å². The van der Waals surface area contributed by atoms with Crippen LogP contribution in [0.5, 0.6) is 0 Å². The quantitative estimate of drug-likeness (QED) is 0.557. The fraction of sp³-hybridized carbons (Fsp3) is 0. The van der Waals surface area contributed by atoms with Gasteiger partial charge >= 0.3 is 0 Å². The molecule has 76 valence electrons. The third-order valence-corrected chi connectivity index (χ3v) is 4.31. The molecule has 0 atom stereocenters. The van der Waals surface area contributed by atoms with Gasteiger partial charge in [0.05, 0.1) is 5.69 Å². The maximum atomic E-state index is 11.4. The fourth-order valence-electron chi connectivity index (χ4n) is 1.28. The van der Waals surface area contributed by atoms with Gasteiger partial charge in [0.25, 0.3) is 11.8 Å². The minimum absolute atomic E-state index is 0.298. The van der Waals surface area contributed by atoms with E-state index in [9.17, 15) is 9.59 Å². The summed E-state index contributed by atoms with van der Waals surface area (Å²) in [7, 11) is 0. The third kappa shape index (κ3) is 1.98. The first-order chi connectivity index (χ1) is 7.09. The predicted octanol–water partition coefficient (Wildman–Crippen LogP) is 2.48. The first-order valence-electron chi connectivity index (χ1n) is 4.11. The van der Waals surface area contributed by atoms with E-state index >= 15 is 0 Å². The normalized spacial score (nSPS) is 15.2. The van der Waals surface area contributed by atoms with Gasteiger partial charge in [0.2, 0.25) is 0 Å². The van der Waals surface area contributed by atoms with E-state index in [0.29, 0.717) is 5.69 Å². The van der Waals surface area contributed by atoms with Gasteiger partial charge in [-0.25, -0.2) is 4.90 Å². The molecule has 0 radical (unpaired) electrons. The first kappa shape index (κ1) is 10.8. The van der Waals surface area contributed by atoms with E-state index in [0.717, 1.165) is 12.9 Å². The Morgan fingerprint density at radius 2 is 1.73 bits per heavy atom. The Balaban J connectivity index is 2.42. The zero-order chi connectivity index (χ0) is 11.0. The molecule has 2 rings (SSSR count). The number of rotatable bonds is 1. The third-order valence-electron chi connectivity index (χ3n) is 1.97. The second kappa shape index (κ2) is 4.05. The summed E-state index contributed by atoms with van der Waals surface area (Å²) < 4.78 is 1.90. The van der Waals surface area contributed by atoms with Gasteiger partial charge in [-0.15, -0.1) is 0 Å². The van der Waals surface area contributed by atoms with Gasteiger partial charge in [0, 0.05) is 20.2 Å². The number of amides is 2. The van der Waals surface area contributed by atoms with Crippen molar-refractivity contribution in [3.8, 4) is 0 Å². The van der Waals surface area contributed by atoms with Crippen molar-refractivity contribution in [1.29, 1.82) is 0 Å². The molecule has 0 saturated carbocycles. The molecule has 0 aliphatic carbocycles. The lowest BCUT2D eigenvalue weighted by Crippen LogP contribution is -2.29. The molecule has 2 amide bonds. The van der Waals surface area contributed by atoms with Crippen LogP contribution in [-0.4, -0.2) is 11.8 Å². The highest BCUT2D eigenvalue weighted by Gasteiger charge is 2.25. The average molecular weight is 378 g/mol. The van der Waals surface area contributed by atoms with E-state index in [1.165, 1.54) is 12.2 Å². The number of benzene rings is 1. The Morgan fingerprint density at radius 3 is 2.27 bits per heavy atom. The summed E-state index contributed by atoms with van der Waals surface area (Å²) in [4.78, 5) is 23.9. The molecule has 0 aromatic heterocycles. The van der Waals surface area contributed by atoms with Gasteiger partial charge in [-0.1, -0.05) is 0 Å². The van der Waals surface area contributed by atoms with Crippen LogP contribution in [0.25, 0.3) is 0 Å². The molecule has 1 aliphatic heterocycles. The van der Waals surface area contributed by atoms with Crippen LogP contribution in [0, 0.1) is 3.57 Å². The standard InChI is InChI=1S/C10H5BrINO2/c11-7-5-6(1-2-8(7)12)13-9(14)3-4-10(13)15/h1-5H. The zero-order valence-electron chi connectivity index (χ0n) is 7.41. The number of hydrogen-bond acceptors (Lipinski definition) is 2. The molecule has 1 aromatic carbocycles. The molecule has 15 heavy (non-hydrogen) atoms. The number of nitrogens with zero attached hydrogens (tertiary/aromatic N) is 1. The van der Waals surface area contributed by atoms with Crippen LogP contribution >= 0.6 is 38.5 Å². The highest BCUT2D eigenvalue weighted by molar-refractivity contribution is 14.1. The van der Waals surface area contributed by atoms with E-state index in [2.05, 4.69) is 38.5 Å². The second-order valence-corrected chi connectivity index (χ2v) is 4.96. The molecule has 0 bridgehead atoms. The second-order valence-electron chi connectivity index (χ2n) is 2.94. The summed E-state index contributed by atoms with van der Waals surface area (Å²) in [6.45, 7) is 0. The van der Waals surface area contributed by atoms with Crippen molar-refractivity contribution in [2.24, 2.45) is 0 Å². The lowest BCUT2D eigenvalue weighted by molar-refractivity contribution is -0.119. The van der Waals surface area contributed by atoms with E-state index in [1.807, 2.05) is 6.07 Å². The molecule has 0 spiro atoms. The van der Waals surface area contributed by atoms with Crippen LogP contribution in [0.4, 0.5) is 5.69 Å². The minimum Gasteiger partial charge on any atom is -0.269 e. The number of carbonyl (C=O) groups is 2. The number of carbonyl (C=O) groups excluding carboxylic acids is 2. The lowest BCUT2D eigenvalue weighted by Gasteiger charge is -2.14. The number of imide groups is 1. The molecule has 3 nitrogen and oxygen atoms in total. The highest BCUT2D eigenvalue weighted by Crippen LogP contribution is 2.26. The van der Waals surface area contributed by atoms with Crippen LogP contribution in [0.15, 0.2) is 34.8 Å². The van der Waals surface area contributed by atoms with Gasteiger partial charge in [-0.2, -0.15) is 0 Å². The monoisotopic (exact) mass is 377 g/mol. The van der Waals surface area contributed by atoms with Gasteiger partial charge in [0.15, 0.2) is 0 Å². The smallest absolute Gasteiger partial charge is 0.258 e. The van der Waals surface area contributed by atoms with Crippen molar-refractivity contribution in [2.75, 3.05) is 4.90 Å². The summed E-state index contributed by atoms with van der Waals surface area (Å²) in [5, 5.41) is 0. The summed E-state index contributed by atoms with van der Waals surface area (Å²) >= 11 is 5.52. The lowest BCUT2D eigenvalue weighted by atomic mass is 10.3. The van der Waals surface area contributed by atoms with E-state index in [1.54, 1.807) is 12.1 Å². The number of anilines is 1. The molecule has 1 aliphatic rings. The Morgan fingerprint density at radius 1 is 1.13 bits per heavy atom. The first-order valence-corrected chi connectivity index (χ1v) is 5.98. The zero-order valence-corrected chi connectivity index (χ0v) is 11.1. The molecule has 0 fully saturated rings. The molecule has 0 unspecified atom stereocenters. The average Bonchev–Trinajstić information content (AvgIpc) is 2.52. The van der Waals surface area contributed by atoms with Crippen LogP contribution in [-0.2, 0) is 9.59 Å². The molecule has 1 aromatic rings. The predicted molar refractivity (Wildman–Crippen MR) is 68.5 cm³/mol. The minimum atomic E-state index is -0.298. The fourth-order valence-corrected chi connectivity index (χ4v) is 1.98. The maximum Gasteiger partial charge on any atom is 0.258 e. The van der Waals surface area contributed by atoms with Crippen molar-refractivity contribution < 1.29 is 9.59 Å². The topological polar surface area (TPSA) is 37.4 Å². The van der Waals surface area contributed by atoms with Crippen molar-refractivity contribution in [1.82, 2.24) is 0 Å². The van der Waals surface area contributed by atoms with Crippen molar-refractivity contribution in [3.63, 3.8) is 0 Å². The summed E-state index contributed by atoms with van der Waals surface area (Å²) in [5.41, 5.74) is 0.585. The molecular weight excluding hydrogens is 373 g/mol. The SMILES string of the molecule is O=C1C=CC(=O)N1c1ccc(I)c(Br)c1. The van der Waals surface area contributed by atoms with Gasteiger partial charge in [0.1, 0.15) is 0 Å². The van der Waals surface area contributed by atoms with Gasteiger partial charge in [-0.3, -0.25) is 9.59 Å². The summed E-state index contributed by atoms with van der Waals surface area (Å²) in [5.74, 6) is -0.596. The number of hydrogen-bond donors (Lipinski definition) is 0. The largest absolute Gasteiger partial charge is 0.269 e. The van der Waals surface area contributed by atoms with Crippen LogP contribution < -0.4 is 4.90 Å². The Hall–Kier alpha value is -0.690. The van der Waals surface area contributed by atoms with Crippen molar-refractivity contribution >= 4 is 56.0 Å². The van der Waals surface area contributed by atoms with E-state index < -0.39 is 0 Å². The Kier molecular flexibility index (Phi) is 2.92. The van der Waals surface area contributed by atoms with Crippen molar-refractivity contribution in [2.45, 2.75) is 0 Å². The molecule has 0 N–H and O–H groups in total. The summed E-state index contributed by atoms with van der Waals surface area (Å²) in [6, 6.07) is 5.35. The molecule has 0 saturated heterocycles.